The van der Waals surface area contributed by atoms with Gasteiger partial charge in [0.25, 0.3) is 0 Å². The van der Waals surface area contributed by atoms with Gasteiger partial charge in [0.05, 0.1) is 18.5 Å². The number of nitrogens with one attached hydrogen (secondary N) is 1. The number of methoxy groups -OCH3 is 1. The van der Waals surface area contributed by atoms with E-state index in [-0.39, 0.29) is 25.2 Å². The van der Waals surface area contributed by atoms with Gasteiger partial charge in [0.15, 0.2) is 0 Å². The molecule has 2 N–H and O–H groups in total. The Kier molecular flexibility index (Phi) is 9.45. The molecule has 3 aromatic rings. The first kappa shape index (κ1) is 30.5. The monoisotopic (exact) mass is 576 g/mol. The van der Waals surface area contributed by atoms with E-state index in [4.69, 9.17) is 4.74 Å². The van der Waals surface area contributed by atoms with Gasteiger partial charge in [0, 0.05) is 37.2 Å². The Balaban J connectivity index is 1.53. The van der Waals surface area contributed by atoms with Crippen molar-refractivity contribution in [2.75, 3.05) is 18.6 Å². The number of aromatic nitrogens is 1. The van der Waals surface area contributed by atoms with Crippen LogP contribution >= 0.6 is 0 Å². The lowest BCUT2D eigenvalue weighted by molar-refractivity contribution is -0.128. The molecule has 0 spiro atoms. The molecule has 2 atom stereocenters. The second-order valence-corrected chi connectivity index (χ2v) is 11.4. The first-order chi connectivity index (χ1) is 20.0. The van der Waals surface area contributed by atoms with Gasteiger partial charge in [-0.1, -0.05) is 30.3 Å². The van der Waals surface area contributed by atoms with Gasteiger partial charge >= 0.3 is 6.09 Å². The van der Waals surface area contributed by atoms with Gasteiger partial charge in [0.2, 0.25) is 11.8 Å². The third kappa shape index (κ3) is 7.23. The number of halogens is 1. The highest BCUT2D eigenvalue weighted by molar-refractivity contribution is 6.01. The van der Waals surface area contributed by atoms with Gasteiger partial charge in [-0.3, -0.25) is 19.5 Å². The van der Waals surface area contributed by atoms with Gasteiger partial charge in [-0.05, 0) is 75.1 Å². The highest BCUT2D eigenvalue weighted by Gasteiger charge is 2.38. The Morgan fingerprint density at radius 3 is 2.50 bits per heavy atom. The average molecular weight is 577 g/mol. The second-order valence-electron chi connectivity index (χ2n) is 11.4. The number of benzene rings is 2. The Bertz CT molecular complexity index is 1420. The number of carbonyl (C=O) groups excluding carboxylic acids is 2. The van der Waals surface area contributed by atoms with E-state index in [0.717, 1.165) is 11.3 Å². The first-order valence-corrected chi connectivity index (χ1v) is 13.9. The quantitative estimate of drug-likeness (QED) is 0.364. The minimum atomic E-state index is -1.21. The number of nitrogens with zero attached hydrogens (tertiary/aromatic N) is 3. The van der Waals surface area contributed by atoms with Crippen LogP contribution in [0.2, 0.25) is 0 Å². The summed E-state index contributed by atoms with van der Waals surface area (Å²) in [4.78, 5) is 46.7. The zero-order valence-corrected chi connectivity index (χ0v) is 24.3. The number of hydrogen-bond acceptors (Lipinski definition) is 5. The first-order valence-electron chi connectivity index (χ1n) is 13.9. The van der Waals surface area contributed by atoms with Crippen molar-refractivity contribution in [3.05, 3.63) is 89.5 Å². The summed E-state index contributed by atoms with van der Waals surface area (Å²) >= 11 is 0. The molecule has 0 saturated carbocycles. The Morgan fingerprint density at radius 1 is 1.14 bits per heavy atom. The van der Waals surface area contributed by atoms with Crippen molar-refractivity contribution in [1.82, 2.24) is 15.2 Å². The third-order valence-electron chi connectivity index (χ3n) is 7.37. The summed E-state index contributed by atoms with van der Waals surface area (Å²) in [7, 11) is 1.60. The number of rotatable bonds is 10. The van der Waals surface area contributed by atoms with E-state index in [1.54, 1.807) is 63.2 Å². The molecule has 10 heteroatoms. The summed E-state index contributed by atoms with van der Waals surface area (Å²) in [5.41, 5.74) is 1.85. The van der Waals surface area contributed by atoms with E-state index in [1.165, 1.54) is 11.0 Å². The summed E-state index contributed by atoms with van der Waals surface area (Å²) in [5.74, 6) is -0.500. The van der Waals surface area contributed by atoms with Crippen LogP contribution in [0, 0.1) is 5.82 Å². The number of ether oxygens (including phenoxy) is 1. The molecule has 222 valence electrons. The van der Waals surface area contributed by atoms with Crippen molar-refractivity contribution in [1.29, 1.82) is 0 Å². The fourth-order valence-corrected chi connectivity index (χ4v) is 5.43. The van der Waals surface area contributed by atoms with Crippen molar-refractivity contribution >= 4 is 23.6 Å². The van der Waals surface area contributed by atoms with E-state index >= 15 is 0 Å². The Hall–Kier alpha value is -4.47. The van der Waals surface area contributed by atoms with Gasteiger partial charge in [-0.2, -0.15) is 0 Å². The molecule has 0 radical (unpaired) electrons. The molecule has 2 aromatic carbocycles. The lowest BCUT2D eigenvalue weighted by Gasteiger charge is -2.40. The molecule has 1 aliphatic rings. The maximum absolute atomic E-state index is 14.6. The summed E-state index contributed by atoms with van der Waals surface area (Å²) in [6.07, 6.45) is 0.971. The van der Waals surface area contributed by atoms with E-state index in [2.05, 4.69) is 10.3 Å². The molecule has 0 fully saturated rings. The molecular formula is C32H37FN4O5. The van der Waals surface area contributed by atoms with Crippen LogP contribution in [0.15, 0.2) is 66.9 Å². The number of fused-ring (bicyclic) bond motifs is 1. The molecule has 42 heavy (non-hydrogen) atoms. The predicted octanol–water partition coefficient (Wildman–Crippen LogP) is 4.63. The number of hydrogen-bond donors (Lipinski definition) is 2. The van der Waals surface area contributed by atoms with Crippen molar-refractivity contribution in [2.24, 2.45) is 0 Å². The summed E-state index contributed by atoms with van der Waals surface area (Å²) in [6, 6.07) is 15.6. The second kappa shape index (κ2) is 13.0. The summed E-state index contributed by atoms with van der Waals surface area (Å²) < 4.78 is 19.8. The van der Waals surface area contributed by atoms with Crippen LogP contribution in [0.3, 0.4) is 0 Å². The molecule has 4 rings (SSSR count). The van der Waals surface area contributed by atoms with Crippen molar-refractivity contribution in [2.45, 2.75) is 64.1 Å². The number of carbonyl (C=O) groups is 3. The Labute approximate surface area is 245 Å². The van der Waals surface area contributed by atoms with Crippen LogP contribution in [-0.4, -0.2) is 64.2 Å². The van der Waals surface area contributed by atoms with Crippen molar-refractivity contribution in [3.8, 4) is 5.75 Å². The third-order valence-corrected chi connectivity index (χ3v) is 7.37. The van der Waals surface area contributed by atoms with Crippen LogP contribution in [-0.2, 0) is 28.9 Å². The molecule has 2 heterocycles. The fourth-order valence-electron chi connectivity index (χ4n) is 5.43. The maximum atomic E-state index is 14.6. The predicted molar refractivity (Wildman–Crippen MR) is 157 cm³/mol. The van der Waals surface area contributed by atoms with E-state index < -0.39 is 35.4 Å². The Morgan fingerprint density at radius 2 is 1.86 bits per heavy atom. The summed E-state index contributed by atoms with van der Waals surface area (Å²) in [5, 5.41) is 12.9. The van der Waals surface area contributed by atoms with Crippen molar-refractivity contribution < 1.29 is 28.6 Å². The van der Waals surface area contributed by atoms with Gasteiger partial charge in [-0.15, -0.1) is 0 Å². The number of anilines is 1. The highest BCUT2D eigenvalue weighted by Crippen LogP contribution is 2.28. The van der Waals surface area contributed by atoms with Crippen LogP contribution in [0.4, 0.5) is 14.9 Å². The zero-order chi connectivity index (χ0) is 30.4. The van der Waals surface area contributed by atoms with E-state index in [9.17, 15) is 23.9 Å². The standard InChI is InChI=1S/C32H37FN4O5/c1-32(2,3)37(31(40)41)23(18-22-8-5-6-9-25(22)33)19-29(38)35-27-20-26-28(10-7-16-34-26)36(30(27)39)17-15-21-11-13-24(42-4)14-12-21/h5-14,16,23,27H,15,17-20H2,1-4H3,(H,35,38)(H,40,41)/t23-,27?/m1/s1. The molecule has 0 saturated heterocycles. The molecule has 0 aliphatic carbocycles. The SMILES string of the molecule is COc1ccc(CCN2C(=O)C(NC(=O)C[C@@H](Cc3ccccc3F)N(C(=O)O)C(C)(C)C)Cc3ncccc32)cc1. The molecule has 1 aliphatic heterocycles. The van der Waals surface area contributed by atoms with Crippen LogP contribution in [0.25, 0.3) is 0 Å². The average Bonchev–Trinajstić information content (AvgIpc) is 2.93. The molecule has 1 aromatic heterocycles. The lowest BCUT2D eigenvalue weighted by Crippen LogP contribution is -2.56. The normalized spacial score (nSPS) is 15.5. The van der Waals surface area contributed by atoms with Gasteiger partial charge in [-0.25, -0.2) is 9.18 Å². The lowest BCUT2D eigenvalue weighted by atomic mass is 9.95. The van der Waals surface area contributed by atoms with Gasteiger partial charge < -0.3 is 20.1 Å². The highest BCUT2D eigenvalue weighted by atomic mass is 19.1. The zero-order valence-electron chi connectivity index (χ0n) is 24.3. The number of carboxylic acid groups (broad SMARTS) is 1. The smallest absolute Gasteiger partial charge is 0.408 e. The fraction of sp³-hybridized carbons (Fsp3) is 0.375. The summed E-state index contributed by atoms with van der Waals surface area (Å²) in [6.45, 7) is 5.55. The van der Waals surface area contributed by atoms with Gasteiger partial charge in [0.1, 0.15) is 17.6 Å². The number of amides is 3. The van der Waals surface area contributed by atoms with Crippen LogP contribution < -0.4 is 15.0 Å². The topological polar surface area (TPSA) is 112 Å². The molecule has 1 unspecified atom stereocenters. The largest absolute Gasteiger partial charge is 0.497 e. The number of pyridine rings is 1. The van der Waals surface area contributed by atoms with E-state index in [0.29, 0.717) is 29.9 Å². The molecular weight excluding hydrogens is 539 g/mol. The molecule has 3 amide bonds. The maximum Gasteiger partial charge on any atom is 0.408 e. The minimum absolute atomic E-state index is 0.000646. The molecule has 9 nitrogen and oxygen atoms in total. The molecule has 0 bridgehead atoms. The minimum Gasteiger partial charge on any atom is -0.497 e. The van der Waals surface area contributed by atoms with Crippen molar-refractivity contribution in [3.63, 3.8) is 0 Å². The van der Waals surface area contributed by atoms with Crippen LogP contribution in [0.1, 0.15) is 44.0 Å². The van der Waals surface area contributed by atoms with Crippen LogP contribution in [0.5, 0.6) is 5.75 Å². The van der Waals surface area contributed by atoms with E-state index in [1.807, 2.05) is 30.3 Å².